The Labute approximate surface area is 496 Å². The van der Waals surface area contributed by atoms with Gasteiger partial charge in [0.1, 0.15) is 13.2 Å². The highest BCUT2D eigenvalue weighted by Crippen LogP contribution is 2.14. The van der Waals surface area contributed by atoms with Gasteiger partial charge >= 0.3 is 17.9 Å². The molecule has 2 unspecified atom stereocenters. The molecule has 0 radical (unpaired) electrons. The van der Waals surface area contributed by atoms with Crippen LogP contribution in [-0.2, 0) is 33.3 Å². The zero-order valence-electron chi connectivity index (χ0n) is 52.1. The number of carboxylic acid groups (broad SMARTS) is 1. The summed E-state index contributed by atoms with van der Waals surface area (Å²) in [5, 5.41) is 9.71. The van der Waals surface area contributed by atoms with Gasteiger partial charge in [0.2, 0.25) is 0 Å². The summed E-state index contributed by atoms with van der Waals surface area (Å²) < 4.78 is 22.9. The molecule has 2 atom stereocenters. The summed E-state index contributed by atoms with van der Waals surface area (Å²) in [6.45, 7) is 4.70. The number of hydrogen-bond acceptors (Lipinski definition) is 7. The van der Waals surface area contributed by atoms with E-state index in [1.165, 1.54) is 70.6 Å². The summed E-state index contributed by atoms with van der Waals surface area (Å²) in [5.74, 6) is -2.04. The number of allylic oxidation sites excluding steroid dienone is 24. The topological polar surface area (TPSA) is 108 Å². The molecular formula is C72H118NO8+. The molecule has 0 spiro atoms. The third-order valence-corrected chi connectivity index (χ3v) is 13.1. The zero-order valence-corrected chi connectivity index (χ0v) is 52.1. The molecule has 458 valence electrons. The van der Waals surface area contributed by atoms with Crippen molar-refractivity contribution in [2.75, 3.05) is 47.5 Å². The monoisotopic (exact) mass is 1120 g/mol. The van der Waals surface area contributed by atoms with Gasteiger partial charge in [-0.3, -0.25) is 9.59 Å². The summed E-state index contributed by atoms with van der Waals surface area (Å²) in [6, 6.07) is 0. The molecule has 0 saturated heterocycles. The molecular weight excluding hydrogens is 1010 g/mol. The van der Waals surface area contributed by atoms with Crippen LogP contribution < -0.4 is 0 Å². The molecule has 0 aromatic rings. The van der Waals surface area contributed by atoms with E-state index in [9.17, 15) is 19.5 Å². The maximum Gasteiger partial charge on any atom is 0.361 e. The Bertz CT molecular complexity index is 1840. The molecule has 0 rings (SSSR count). The minimum Gasteiger partial charge on any atom is -0.477 e. The number of nitrogens with zero attached hydrogens (tertiary/aromatic N) is 1. The Balaban J connectivity index is 4.21. The van der Waals surface area contributed by atoms with E-state index < -0.39 is 24.3 Å². The molecule has 0 aliphatic rings. The lowest BCUT2D eigenvalue weighted by molar-refractivity contribution is -0.870. The van der Waals surface area contributed by atoms with Crippen LogP contribution in [0.4, 0.5) is 0 Å². The second-order valence-corrected chi connectivity index (χ2v) is 22.0. The third kappa shape index (κ3) is 62.6. The maximum absolute atomic E-state index is 12.9. The summed E-state index contributed by atoms with van der Waals surface area (Å²) >= 11 is 0. The quantitative estimate of drug-likeness (QED) is 0.0211. The van der Waals surface area contributed by atoms with Crippen molar-refractivity contribution in [2.45, 2.75) is 245 Å². The van der Waals surface area contributed by atoms with Gasteiger partial charge in [0, 0.05) is 12.8 Å². The number of carbonyl (C=O) groups is 3. The number of unbranched alkanes of at least 4 members (excludes halogenated alkanes) is 18. The molecule has 0 aliphatic heterocycles. The Kier molecular flexibility index (Phi) is 57.6. The average molecular weight is 1130 g/mol. The van der Waals surface area contributed by atoms with Crippen LogP contribution in [0, 0.1) is 0 Å². The second kappa shape index (κ2) is 61.2. The Hall–Kier alpha value is -4.83. The highest BCUT2D eigenvalue weighted by molar-refractivity contribution is 5.71. The van der Waals surface area contributed by atoms with Crippen molar-refractivity contribution in [1.82, 2.24) is 0 Å². The van der Waals surface area contributed by atoms with Crippen LogP contribution in [0.25, 0.3) is 0 Å². The van der Waals surface area contributed by atoms with E-state index in [-0.39, 0.29) is 38.6 Å². The molecule has 0 aliphatic carbocycles. The molecule has 0 heterocycles. The Morgan fingerprint density at radius 2 is 0.704 bits per heavy atom. The van der Waals surface area contributed by atoms with Gasteiger partial charge < -0.3 is 28.5 Å². The van der Waals surface area contributed by atoms with Crippen molar-refractivity contribution in [3.8, 4) is 0 Å². The van der Waals surface area contributed by atoms with Crippen LogP contribution in [0.2, 0.25) is 0 Å². The fourth-order valence-corrected chi connectivity index (χ4v) is 8.19. The van der Waals surface area contributed by atoms with Crippen molar-refractivity contribution >= 4 is 17.9 Å². The predicted molar refractivity (Wildman–Crippen MR) is 345 cm³/mol. The van der Waals surface area contributed by atoms with Gasteiger partial charge in [-0.25, -0.2) is 4.79 Å². The molecule has 81 heavy (non-hydrogen) atoms. The van der Waals surface area contributed by atoms with E-state index in [4.69, 9.17) is 18.9 Å². The van der Waals surface area contributed by atoms with Crippen LogP contribution >= 0.6 is 0 Å². The van der Waals surface area contributed by atoms with Gasteiger partial charge in [-0.15, -0.1) is 0 Å². The van der Waals surface area contributed by atoms with Crippen LogP contribution in [0.15, 0.2) is 146 Å². The smallest absolute Gasteiger partial charge is 0.361 e. The molecule has 9 nitrogen and oxygen atoms in total. The number of ether oxygens (including phenoxy) is 4. The van der Waals surface area contributed by atoms with E-state index in [1.807, 2.05) is 21.1 Å². The number of hydrogen-bond donors (Lipinski definition) is 1. The number of quaternary nitrogens is 1. The number of carbonyl (C=O) groups excluding carboxylic acids is 2. The van der Waals surface area contributed by atoms with Gasteiger partial charge in [0.15, 0.2) is 6.10 Å². The van der Waals surface area contributed by atoms with Crippen molar-refractivity contribution in [2.24, 2.45) is 0 Å². The first kappa shape index (κ1) is 76.2. The molecule has 0 amide bonds. The molecule has 0 bridgehead atoms. The molecule has 0 saturated carbocycles. The lowest BCUT2D eigenvalue weighted by atomic mass is 10.1. The van der Waals surface area contributed by atoms with Gasteiger partial charge in [-0.2, -0.15) is 0 Å². The Morgan fingerprint density at radius 3 is 1.05 bits per heavy atom. The van der Waals surface area contributed by atoms with E-state index in [0.717, 1.165) is 128 Å². The van der Waals surface area contributed by atoms with Gasteiger partial charge in [0.25, 0.3) is 6.29 Å². The fourth-order valence-electron chi connectivity index (χ4n) is 8.19. The van der Waals surface area contributed by atoms with E-state index >= 15 is 0 Å². The standard InChI is InChI=1S/C72H117NO8/c1-6-8-10-12-14-16-18-20-22-24-25-26-27-28-29-30-31-32-33-34-35-36-37-38-39-40-41-42-43-44-45-47-49-51-53-55-57-59-61-63-70(75)81-68(67-80-72(71(76)77)78-65-64-73(3,4)5)66-79-69(74)62-60-58-56-54-52-50-48-46-23-21-19-17-15-13-11-9-7-2/h8,10,14-17,20-23,25-26,28-29,31-32,34-35,37-38,40-41,43-44,68,72H,6-7,9,11-13,18-19,24,27,30,33,36,39,42,45-67H2,1-5H3/p+1/b10-8-,16-14-,17-15-,22-20-,23-21-,26-25-,29-28-,32-31-,35-34-,38-37-,41-40-,44-43-. The third-order valence-electron chi connectivity index (χ3n) is 13.1. The zero-order chi connectivity index (χ0) is 59.1. The maximum atomic E-state index is 12.9. The summed E-state index contributed by atoms with van der Waals surface area (Å²) in [5.41, 5.74) is 0. The minimum atomic E-state index is -1.52. The van der Waals surface area contributed by atoms with E-state index in [2.05, 4.69) is 160 Å². The molecule has 0 aromatic heterocycles. The first-order chi connectivity index (χ1) is 39.6. The first-order valence-electron chi connectivity index (χ1n) is 32.0. The predicted octanol–water partition coefficient (Wildman–Crippen LogP) is 19.6. The fraction of sp³-hybridized carbons (Fsp3) is 0.625. The van der Waals surface area contributed by atoms with Crippen LogP contribution in [-0.4, -0.2) is 87.4 Å². The number of aliphatic carboxylic acids is 1. The van der Waals surface area contributed by atoms with E-state index in [1.54, 1.807) is 0 Å². The summed E-state index contributed by atoms with van der Waals surface area (Å²) in [7, 11) is 5.95. The first-order valence-corrected chi connectivity index (χ1v) is 32.0. The minimum absolute atomic E-state index is 0.177. The normalized spacial score (nSPS) is 13.7. The molecule has 0 fully saturated rings. The second-order valence-electron chi connectivity index (χ2n) is 22.0. The van der Waals surface area contributed by atoms with Gasteiger partial charge in [0.05, 0.1) is 34.4 Å². The molecule has 9 heteroatoms. The van der Waals surface area contributed by atoms with Crippen LogP contribution in [0.3, 0.4) is 0 Å². The average Bonchev–Trinajstić information content (AvgIpc) is 3.44. The van der Waals surface area contributed by atoms with Crippen molar-refractivity contribution in [1.29, 1.82) is 0 Å². The van der Waals surface area contributed by atoms with Crippen LogP contribution in [0.1, 0.15) is 232 Å². The van der Waals surface area contributed by atoms with Crippen molar-refractivity contribution in [3.05, 3.63) is 146 Å². The van der Waals surface area contributed by atoms with E-state index in [0.29, 0.717) is 17.4 Å². The molecule has 1 N–H and O–H groups in total. The van der Waals surface area contributed by atoms with Crippen LogP contribution in [0.5, 0.6) is 0 Å². The lowest BCUT2D eigenvalue weighted by Crippen LogP contribution is -2.40. The lowest BCUT2D eigenvalue weighted by Gasteiger charge is -2.25. The Morgan fingerprint density at radius 1 is 0.383 bits per heavy atom. The van der Waals surface area contributed by atoms with Crippen molar-refractivity contribution < 1.29 is 42.9 Å². The van der Waals surface area contributed by atoms with Crippen molar-refractivity contribution in [3.63, 3.8) is 0 Å². The molecule has 0 aromatic carbocycles. The number of carboxylic acids is 1. The van der Waals surface area contributed by atoms with Gasteiger partial charge in [-0.1, -0.05) is 243 Å². The number of esters is 2. The highest BCUT2D eigenvalue weighted by Gasteiger charge is 2.25. The number of rotatable bonds is 57. The van der Waals surface area contributed by atoms with Gasteiger partial charge in [-0.05, 0) is 122 Å². The number of likely N-dealkylation sites (N-methyl/N-ethyl adjacent to an activating group) is 1. The summed E-state index contributed by atoms with van der Waals surface area (Å²) in [4.78, 5) is 37.5. The SMILES string of the molecule is CC/C=C\C/C=C\C/C=C\C/C=C\C/C=C\C/C=C\C/C=C\C/C=C\C/C=C\C/C=C\CCCCCCCCCCC(=O)OC(COC(=O)CCCCCCCCC/C=C\C/C=C\CCCCC)COC(OCC[N+](C)(C)C)C(=O)O. The largest absolute Gasteiger partial charge is 0.477 e. The highest BCUT2D eigenvalue weighted by atomic mass is 16.7. The summed E-state index contributed by atoms with van der Waals surface area (Å²) in [6.07, 6.45) is 86.5.